The van der Waals surface area contributed by atoms with Crippen molar-refractivity contribution in [2.24, 2.45) is 5.92 Å². The van der Waals surface area contributed by atoms with Crippen molar-refractivity contribution in [1.29, 1.82) is 0 Å². The predicted molar refractivity (Wildman–Crippen MR) is 112 cm³/mol. The van der Waals surface area contributed by atoms with Crippen molar-refractivity contribution in [3.8, 4) is 11.5 Å². The van der Waals surface area contributed by atoms with Crippen molar-refractivity contribution in [1.82, 2.24) is 25.3 Å². The summed E-state index contributed by atoms with van der Waals surface area (Å²) in [6.45, 7) is 5.75. The van der Waals surface area contributed by atoms with Gasteiger partial charge in [0, 0.05) is 42.2 Å². The van der Waals surface area contributed by atoms with Gasteiger partial charge in [-0.2, -0.15) is 4.98 Å². The van der Waals surface area contributed by atoms with Gasteiger partial charge in [-0.05, 0) is 50.2 Å². The molecule has 8 heteroatoms. The highest BCUT2D eigenvalue weighted by atomic mass is 16.5. The van der Waals surface area contributed by atoms with Crippen LogP contribution in [0.3, 0.4) is 0 Å². The molecular weight excluding hydrogens is 370 g/mol. The van der Waals surface area contributed by atoms with Crippen LogP contribution in [0.15, 0.2) is 28.9 Å². The average molecular weight is 399 g/mol. The fourth-order valence-electron chi connectivity index (χ4n) is 2.90. The van der Waals surface area contributed by atoms with Crippen LogP contribution in [0.25, 0.3) is 22.4 Å². The molecule has 0 aliphatic rings. The molecule has 156 valence electrons. The highest BCUT2D eigenvalue weighted by Gasteiger charge is 2.12. The summed E-state index contributed by atoms with van der Waals surface area (Å²) < 4.78 is 10.5. The largest absolute Gasteiger partial charge is 0.449 e. The number of hydrogen-bond donors (Lipinski definition) is 2. The van der Waals surface area contributed by atoms with Gasteiger partial charge in [-0.3, -0.25) is 0 Å². The number of nitrogens with one attached hydrogen (secondary N) is 2. The van der Waals surface area contributed by atoms with Crippen molar-refractivity contribution < 1.29 is 14.1 Å². The maximum atomic E-state index is 11.6. The average Bonchev–Trinajstić information content (AvgIpc) is 3.31. The van der Waals surface area contributed by atoms with Gasteiger partial charge in [-0.25, -0.2) is 4.79 Å². The Morgan fingerprint density at radius 3 is 2.90 bits per heavy atom. The van der Waals surface area contributed by atoms with Gasteiger partial charge in [-0.1, -0.05) is 19.0 Å². The lowest BCUT2D eigenvalue weighted by Gasteiger charge is -2.08. The maximum absolute atomic E-state index is 11.6. The van der Waals surface area contributed by atoms with Crippen LogP contribution >= 0.6 is 0 Å². The minimum Gasteiger partial charge on any atom is -0.449 e. The number of fused-ring (bicyclic) bond motifs is 1. The Morgan fingerprint density at radius 2 is 2.14 bits per heavy atom. The second-order valence-electron chi connectivity index (χ2n) is 7.81. The molecule has 3 aromatic rings. The second-order valence-corrected chi connectivity index (χ2v) is 7.81. The summed E-state index contributed by atoms with van der Waals surface area (Å²) in [6.07, 6.45) is 3.07. The van der Waals surface area contributed by atoms with Crippen LogP contribution in [0.4, 0.5) is 4.79 Å². The number of amides is 1. The van der Waals surface area contributed by atoms with Crippen molar-refractivity contribution >= 4 is 17.0 Å². The first-order chi connectivity index (χ1) is 13.9. The van der Waals surface area contributed by atoms with E-state index in [1.165, 1.54) is 10.9 Å². The summed E-state index contributed by atoms with van der Waals surface area (Å²) in [6, 6.07) is 6.07. The number of hydrogen-bond acceptors (Lipinski definition) is 6. The number of H-pyrrole nitrogens is 1. The van der Waals surface area contributed by atoms with E-state index in [1.807, 2.05) is 26.0 Å². The quantitative estimate of drug-likeness (QED) is 0.573. The molecule has 2 N–H and O–H groups in total. The first-order valence-corrected chi connectivity index (χ1v) is 9.90. The number of aromatic nitrogens is 3. The van der Waals surface area contributed by atoms with E-state index in [-0.39, 0.29) is 0 Å². The van der Waals surface area contributed by atoms with E-state index in [9.17, 15) is 4.79 Å². The van der Waals surface area contributed by atoms with Crippen LogP contribution in [0.1, 0.15) is 25.2 Å². The molecule has 0 aliphatic heterocycles. The summed E-state index contributed by atoms with van der Waals surface area (Å²) in [5, 5.41) is 7.88. The lowest BCUT2D eigenvalue weighted by Crippen LogP contribution is -2.27. The molecular formula is C21H29N5O3. The molecule has 8 nitrogen and oxygen atoms in total. The van der Waals surface area contributed by atoms with Crippen molar-refractivity contribution in [3.05, 3.63) is 35.8 Å². The number of carbonyl (C=O) groups excluding carboxylic acids is 1. The zero-order valence-electron chi connectivity index (χ0n) is 17.5. The SMILES string of the molecule is CC(C)COC(=O)NCCc1noc(-c2ccc3[nH]cc(CCN(C)C)c3c2)n1. The molecule has 0 unspecified atom stereocenters. The van der Waals surface area contributed by atoms with E-state index in [2.05, 4.69) is 51.7 Å². The maximum Gasteiger partial charge on any atom is 0.407 e. The van der Waals surface area contributed by atoms with Crippen molar-refractivity contribution in [2.45, 2.75) is 26.7 Å². The number of rotatable bonds is 9. The molecule has 0 saturated carbocycles. The summed E-state index contributed by atoms with van der Waals surface area (Å²) >= 11 is 0. The number of benzene rings is 1. The topological polar surface area (TPSA) is 96.3 Å². The minimum absolute atomic E-state index is 0.307. The fraction of sp³-hybridized carbons (Fsp3) is 0.476. The Bertz CT molecular complexity index is 945. The smallest absolute Gasteiger partial charge is 0.407 e. The summed E-state index contributed by atoms with van der Waals surface area (Å²) in [5.41, 5.74) is 3.23. The summed E-state index contributed by atoms with van der Waals surface area (Å²) in [5.74, 6) is 1.33. The predicted octanol–water partition coefficient (Wildman–Crippen LogP) is 3.25. The number of nitrogens with zero attached hydrogens (tertiary/aromatic N) is 3. The molecule has 0 aliphatic carbocycles. The zero-order valence-corrected chi connectivity index (χ0v) is 17.5. The first-order valence-electron chi connectivity index (χ1n) is 9.90. The summed E-state index contributed by atoms with van der Waals surface area (Å²) in [7, 11) is 4.14. The third kappa shape index (κ3) is 5.80. The number of alkyl carbamates (subject to hydrolysis) is 1. The molecule has 0 atom stereocenters. The molecule has 3 rings (SSSR count). The Hall–Kier alpha value is -2.87. The highest BCUT2D eigenvalue weighted by Crippen LogP contribution is 2.26. The van der Waals surface area contributed by atoms with Crippen LogP contribution in [0.2, 0.25) is 0 Å². The van der Waals surface area contributed by atoms with Crippen molar-refractivity contribution in [3.63, 3.8) is 0 Å². The monoisotopic (exact) mass is 399 g/mol. The van der Waals surface area contributed by atoms with Gasteiger partial charge < -0.3 is 24.5 Å². The van der Waals surface area contributed by atoms with Crippen LogP contribution in [0, 0.1) is 5.92 Å². The lowest BCUT2D eigenvalue weighted by molar-refractivity contribution is 0.133. The zero-order chi connectivity index (χ0) is 20.8. The van der Waals surface area contributed by atoms with E-state index in [0.29, 0.717) is 37.2 Å². The fourth-order valence-corrected chi connectivity index (χ4v) is 2.90. The third-order valence-electron chi connectivity index (χ3n) is 4.48. The van der Waals surface area contributed by atoms with Crippen LogP contribution < -0.4 is 5.32 Å². The Kier molecular flexibility index (Phi) is 6.87. The molecule has 29 heavy (non-hydrogen) atoms. The molecule has 1 aromatic carbocycles. The van der Waals surface area contributed by atoms with Crippen LogP contribution in [-0.4, -0.2) is 59.9 Å². The van der Waals surface area contributed by atoms with Gasteiger partial charge in [-0.15, -0.1) is 0 Å². The molecule has 0 saturated heterocycles. The molecule has 0 fully saturated rings. The lowest BCUT2D eigenvalue weighted by atomic mass is 10.1. The normalized spacial score (nSPS) is 11.5. The molecule has 1 amide bonds. The Balaban J connectivity index is 1.61. The second kappa shape index (κ2) is 9.56. The van der Waals surface area contributed by atoms with E-state index in [1.54, 1.807) is 0 Å². The molecule has 0 bridgehead atoms. The number of carbonyl (C=O) groups is 1. The van der Waals surface area contributed by atoms with Crippen LogP contribution in [-0.2, 0) is 17.6 Å². The molecule has 0 radical (unpaired) electrons. The highest BCUT2D eigenvalue weighted by molar-refractivity contribution is 5.87. The molecule has 2 aromatic heterocycles. The summed E-state index contributed by atoms with van der Waals surface area (Å²) in [4.78, 5) is 21.5. The van der Waals surface area contributed by atoms with E-state index < -0.39 is 6.09 Å². The van der Waals surface area contributed by atoms with E-state index >= 15 is 0 Å². The number of likely N-dealkylation sites (N-methyl/N-ethyl adjacent to an activating group) is 1. The van der Waals surface area contributed by atoms with Crippen LogP contribution in [0.5, 0.6) is 0 Å². The van der Waals surface area contributed by atoms with E-state index in [4.69, 9.17) is 9.26 Å². The van der Waals surface area contributed by atoms with Crippen molar-refractivity contribution in [2.75, 3.05) is 33.8 Å². The van der Waals surface area contributed by atoms with Gasteiger partial charge in [0.05, 0.1) is 6.61 Å². The minimum atomic E-state index is -0.425. The van der Waals surface area contributed by atoms with Gasteiger partial charge >= 0.3 is 6.09 Å². The van der Waals surface area contributed by atoms with Gasteiger partial charge in [0.2, 0.25) is 0 Å². The Morgan fingerprint density at radius 1 is 1.31 bits per heavy atom. The van der Waals surface area contributed by atoms with E-state index in [0.717, 1.165) is 24.0 Å². The molecule has 0 spiro atoms. The third-order valence-corrected chi connectivity index (χ3v) is 4.48. The van der Waals surface area contributed by atoms with Gasteiger partial charge in [0.1, 0.15) is 0 Å². The standard InChI is InChI=1S/C21H29N5O3/c1-14(2)13-28-21(27)22-9-7-19-24-20(29-25-19)15-5-6-18-17(11-15)16(12-23-18)8-10-26(3)4/h5-6,11-12,14,23H,7-10,13H2,1-4H3,(H,22,27). The Labute approximate surface area is 170 Å². The van der Waals surface area contributed by atoms with Gasteiger partial charge in [0.15, 0.2) is 5.82 Å². The molecule has 2 heterocycles. The first kappa shape index (κ1) is 20.9. The number of aromatic amines is 1. The number of ether oxygens (including phenoxy) is 1. The van der Waals surface area contributed by atoms with Gasteiger partial charge in [0.25, 0.3) is 5.89 Å².